The van der Waals surface area contributed by atoms with Crippen molar-refractivity contribution in [1.29, 1.82) is 0 Å². The van der Waals surface area contributed by atoms with Crippen LogP contribution in [0.25, 0.3) is 0 Å². The van der Waals surface area contributed by atoms with Gasteiger partial charge in [0, 0.05) is 18.1 Å². The third kappa shape index (κ3) is 3.21. The van der Waals surface area contributed by atoms with E-state index in [1.807, 2.05) is 13.0 Å². The molecule has 2 heterocycles. The van der Waals surface area contributed by atoms with Crippen LogP contribution in [0.1, 0.15) is 40.8 Å². The van der Waals surface area contributed by atoms with E-state index in [4.69, 9.17) is 0 Å². The Morgan fingerprint density at radius 1 is 1.43 bits per heavy atom. The van der Waals surface area contributed by atoms with Crippen molar-refractivity contribution >= 4 is 5.91 Å². The molecule has 0 spiro atoms. The van der Waals surface area contributed by atoms with Crippen LogP contribution in [-0.4, -0.2) is 20.9 Å². The Labute approximate surface area is 121 Å². The Hall–Kier alpha value is -2.37. The van der Waals surface area contributed by atoms with Gasteiger partial charge in [-0.25, -0.2) is 14.4 Å². The van der Waals surface area contributed by atoms with Crippen LogP contribution in [0.2, 0.25) is 0 Å². The molecule has 2 aromatic rings. The topological polar surface area (TPSA) is 67.8 Å². The molecule has 108 valence electrons. The number of nitrogens with zero attached hydrogens (tertiary/aromatic N) is 3. The predicted molar refractivity (Wildman–Crippen MR) is 73.9 cm³/mol. The summed E-state index contributed by atoms with van der Waals surface area (Å²) in [5.41, 5.74) is 1.06. The Morgan fingerprint density at radius 2 is 2.24 bits per heavy atom. The molecule has 6 heteroatoms. The lowest BCUT2D eigenvalue weighted by atomic mass is 10.1. The Morgan fingerprint density at radius 3 is 2.90 bits per heavy atom. The number of aryl methyl sites for hydroxylation is 1. The maximum absolute atomic E-state index is 13.1. The fourth-order valence-corrected chi connectivity index (χ4v) is 2.20. The molecule has 2 aromatic heterocycles. The molecule has 1 fully saturated rings. The van der Waals surface area contributed by atoms with Crippen LogP contribution in [0.3, 0.4) is 0 Å². The Balaban J connectivity index is 1.81. The van der Waals surface area contributed by atoms with E-state index in [9.17, 15) is 9.18 Å². The average molecular weight is 286 g/mol. The second-order valence-corrected chi connectivity index (χ2v) is 5.24. The third-order valence-corrected chi connectivity index (χ3v) is 3.44. The summed E-state index contributed by atoms with van der Waals surface area (Å²) in [7, 11) is 0. The van der Waals surface area contributed by atoms with E-state index in [-0.39, 0.29) is 17.5 Å². The number of rotatable bonds is 4. The highest BCUT2D eigenvalue weighted by Crippen LogP contribution is 2.40. The fraction of sp³-hybridized carbons (Fsp3) is 0.333. The molecule has 0 aromatic carbocycles. The monoisotopic (exact) mass is 286 g/mol. The second-order valence-electron chi connectivity index (χ2n) is 5.24. The zero-order valence-corrected chi connectivity index (χ0v) is 11.6. The van der Waals surface area contributed by atoms with Crippen LogP contribution in [0.4, 0.5) is 4.39 Å². The first-order valence-corrected chi connectivity index (χ1v) is 6.84. The number of aromatic nitrogens is 3. The zero-order chi connectivity index (χ0) is 14.8. The van der Waals surface area contributed by atoms with E-state index in [1.165, 1.54) is 12.3 Å². The van der Waals surface area contributed by atoms with Gasteiger partial charge >= 0.3 is 0 Å². The average Bonchev–Trinajstić information content (AvgIpc) is 3.29. The number of hydrogen-bond donors (Lipinski definition) is 1. The molecule has 1 aliphatic carbocycles. The van der Waals surface area contributed by atoms with Crippen molar-refractivity contribution in [3.8, 4) is 0 Å². The van der Waals surface area contributed by atoms with Crippen molar-refractivity contribution in [2.45, 2.75) is 25.8 Å². The molecular weight excluding hydrogens is 271 g/mol. The molecule has 5 nitrogen and oxygen atoms in total. The van der Waals surface area contributed by atoms with Gasteiger partial charge in [0.15, 0.2) is 5.82 Å². The third-order valence-electron chi connectivity index (χ3n) is 3.44. The lowest BCUT2D eigenvalue weighted by Crippen LogP contribution is -2.31. The first-order chi connectivity index (χ1) is 10.1. The van der Waals surface area contributed by atoms with E-state index in [0.29, 0.717) is 11.7 Å². The van der Waals surface area contributed by atoms with Crippen molar-refractivity contribution in [2.75, 3.05) is 0 Å². The molecule has 1 amide bonds. The molecule has 1 aliphatic rings. The second kappa shape index (κ2) is 5.55. The minimum atomic E-state index is -0.530. The highest BCUT2D eigenvalue weighted by atomic mass is 19.1. The Kier molecular flexibility index (Phi) is 3.60. The molecule has 0 radical (unpaired) electrons. The quantitative estimate of drug-likeness (QED) is 0.935. The molecule has 1 saturated carbocycles. The number of halogens is 1. The van der Waals surface area contributed by atoms with Gasteiger partial charge in [0.05, 0.1) is 17.8 Å². The van der Waals surface area contributed by atoms with Gasteiger partial charge in [-0.15, -0.1) is 0 Å². The van der Waals surface area contributed by atoms with Crippen LogP contribution in [-0.2, 0) is 0 Å². The summed E-state index contributed by atoms with van der Waals surface area (Å²) in [5.74, 6) is 0.0638. The highest BCUT2D eigenvalue weighted by molar-refractivity contribution is 5.94. The number of amides is 1. The minimum absolute atomic E-state index is 0.202. The van der Waals surface area contributed by atoms with Crippen LogP contribution in [0.15, 0.2) is 30.7 Å². The summed E-state index contributed by atoms with van der Waals surface area (Å²) in [6.07, 6.45) is 6.16. The first-order valence-electron chi connectivity index (χ1n) is 6.84. The summed E-state index contributed by atoms with van der Waals surface area (Å²) in [4.78, 5) is 24.6. The Bertz CT molecular complexity index is 672. The van der Waals surface area contributed by atoms with E-state index in [1.54, 1.807) is 6.20 Å². The normalized spacial score (nSPS) is 15.5. The lowest BCUT2D eigenvalue weighted by Gasteiger charge is -2.17. The number of nitrogens with one attached hydrogen (secondary N) is 1. The highest BCUT2D eigenvalue weighted by Gasteiger charge is 2.35. The predicted octanol–water partition coefficient (Wildman–Crippen LogP) is 2.20. The van der Waals surface area contributed by atoms with Crippen molar-refractivity contribution in [3.63, 3.8) is 0 Å². The summed E-state index contributed by atoms with van der Waals surface area (Å²) in [6, 6.07) is 2.75. The maximum Gasteiger partial charge on any atom is 0.253 e. The molecule has 0 aliphatic heterocycles. The number of pyridine rings is 1. The van der Waals surface area contributed by atoms with Gasteiger partial charge < -0.3 is 5.32 Å². The number of hydrogen-bond acceptors (Lipinski definition) is 4. The largest absolute Gasteiger partial charge is 0.342 e. The van der Waals surface area contributed by atoms with Crippen molar-refractivity contribution in [1.82, 2.24) is 20.3 Å². The molecule has 0 bridgehead atoms. The van der Waals surface area contributed by atoms with Crippen molar-refractivity contribution in [3.05, 3.63) is 53.6 Å². The molecule has 1 N–H and O–H groups in total. The van der Waals surface area contributed by atoms with Gasteiger partial charge in [0.25, 0.3) is 5.91 Å². The van der Waals surface area contributed by atoms with Crippen LogP contribution in [0.5, 0.6) is 0 Å². The van der Waals surface area contributed by atoms with E-state index in [2.05, 4.69) is 20.3 Å². The fourth-order valence-electron chi connectivity index (χ4n) is 2.20. The van der Waals surface area contributed by atoms with Gasteiger partial charge in [-0.2, -0.15) is 0 Å². The van der Waals surface area contributed by atoms with Crippen molar-refractivity contribution in [2.24, 2.45) is 5.92 Å². The van der Waals surface area contributed by atoms with Crippen molar-refractivity contribution < 1.29 is 9.18 Å². The number of carbonyl (C=O) groups is 1. The van der Waals surface area contributed by atoms with Gasteiger partial charge in [-0.05, 0) is 37.8 Å². The van der Waals surface area contributed by atoms with Crippen LogP contribution in [0, 0.1) is 18.7 Å². The summed E-state index contributed by atoms with van der Waals surface area (Å²) in [5, 5.41) is 2.90. The molecule has 0 saturated heterocycles. The van der Waals surface area contributed by atoms with E-state index >= 15 is 0 Å². The first kappa shape index (κ1) is 13.6. The van der Waals surface area contributed by atoms with Gasteiger partial charge in [-0.1, -0.05) is 0 Å². The summed E-state index contributed by atoms with van der Waals surface area (Å²) < 4.78 is 13.1. The molecule has 1 atom stereocenters. The summed E-state index contributed by atoms with van der Waals surface area (Å²) >= 11 is 0. The van der Waals surface area contributed by atoms with Crippen LogP contribution < -0.4 is 5.32 Å². The van der Waals surface area contributed by atoms with Gasteiger partial charge in [0.1, 0.15) is 5.82 Å². The molecule has 0 unspecified atom stereocenters. The molecular formula is C15H15FN4O. The van der Waals surface area contributed by atoms with E-state index < -0.39 is 5.82 Å². The minimum Gasteiger partial charge on any atom is -0.342 e. The van der Waals surface area contributed by atoms with Crippen LogP contribution >= 0.6 is 0 Å². The lowest BCUT2D eigenvalue weighted by molar-refractivity contribution is 0.0928. The maximum atomic E-state index is 13.1. The zero-order valence-electron chi connectivity index (χ0n) is 11.6. The van der Waals surface area contributed by atoms with E-state index in [0.717, 1.165) is 24.7 Å². The molecule has 21 heavy (non-hydrogen) atoms. The molecule has 3 rings (SSSR count). The summed E-state index contributed by atoms with van der Waals surface area (Å²) in [6.45, 7) is 1.88. The number of carbonyl (C=O) groups excluding carboxylic acids is 1. The van der Waals surface area contributed by atoms with Gasteiger partial charge in [0.2, 0.25) is 0 Å². The standard InChI is InChI=1S/C15H15FN4O/c1-9-4-5-18-14(19-9)13(10-2-3-10)20-15(21)11-6-12(16)8-17-7-11/h4-8,10,13H,2-3H2,1H3,(H,20,21)/t13-/m0/s1. The SMILES string of the molecule is Cc1ccnc([C@@H](NC(=O)c2cncc(F)c2)C2CC2)n1. The smallest absolute Gasteiger partial charge is 0.253 e. The van der Waals surface area contributed by atoms with Gasteiger partial charge in [-0.3, -0.25) is 9.78 Å².